The Morgan fingerprint density at radius 1 is 1.26 bits per heavy atom. The second-order valence-electron chi connectivity index (χ2n) is 5.48. The van der Waals surface area contributed by atoms with Gasteiger partial charge in [0.05, 0.1) is 5.54 Å². The zero-order chi connectivity index (χ0) is 14.3. The predicted molar refractivity (Wildman–Crippen MR) is 74.6 cm³/mol. The molecular weight excluding hydrogens is 244 g/mol. The minimum absolute atomic E-state index is 0.0495. The lowest BCUT2D eigenvalue weighted by atomic mass is 10.0. The zero-order valence-electron chi connectivity index (χ0n) is 12.0. The van der Waals surface area contributed by atoms with E-state index in [1.165, 1.54) is 0 Å². The number of piperazine rings is 1. The number of nitrogens with two attached hydrogens (primary N) is 1. The number of primary amides is 1. The first-order valence-electron chi connectivity index (χ1n) is 6.97. The van der Waals surface area contributed by atoms with Crippen LogP contribution < -0.4 is 16.4 Å². The molecule has 0 radical (unpaired) electrons. The van der Waals surface area contributed by atoms with Gasteiger partial charge in [-0.2, -0.15) is 0 Å². The summed E-state index contributed by atoms with van der Waals surface area (Å²) >= 11 is 0. The van der Waals surface area contributed by atoms with E-state index in [-0.39, 0.29) is 11.8 Å². The summed E-state index contributed by atoms with van der Waals surface area (Å²) in [4.78, 5) is 25.0. The van der Waals surface area contributed by atoms with Gasteiger partial charge >= 0.3 is 0 Å². The van der Waals surface area contributed by atoms with Crippen LogP contribution in [-0.2, 0) is 9.59 Å². The van der Waals surface area contributed by atoms with Crippen molar-refractivity contribution in [3.05, 3.63) is 0 Å². The molecule has 0 aromatic carbocycles. The molecule has 0 aliphatic carbocycles. The van der Waals surface area contributed by atoms with Crippen molar-refractivity contribution in [1.82, 2.24) is 15.5 Å². The van der Waals surface area contributed by atoms with Gasteiger partial charge in [0.15, 0.2) is 0 Å². The first kappa shape index (κ1) is 15.9. The van der Waals surface area contributed by atoms with Crippen molar-refractivity contribution in [2.75, 3.05) is 32.7 Å². The van der Waals surface area contributed by atoms with Gasteiger partial charge in [0, 0.05) is 39.1 Å². The highest BCUT2D eigenvalue weighted by molar-refractivity contribution is 5.85. The van der Waals surface area contributed by atoms with Crippen LogP contribution in [0.25, 0.3) is 0 Å². The molecule has 6 heteroatoms. The number of hydrogen-bond donors (Lipinski definition) is 3. The van der Waals surface area contributed by atoms with E-state index in [1.807, 2.05) is 13.8 Å². The number of carbonyl (C=O) groups excluding carboxylic acids is 2. The van der Waals surface area contributed by atoms with Crippen molar-refractivity contribution in [3.63, 3.8) is 0 Å². The van der Waals surface area contributed by atoms with E-state index in [9.17, 15) is 9.59 Å². The summed E-state index contributed by atoms with van der Waals surface area (Å²) in [6.07, 6.45) is 1.90. The molecule has 2 amide bonds. The summed E-state index contributed by atoms with van der Waals surface area (Å²) in [6, 6.07) is 0. The van der Waals surface area contributed by atoms with Crippen molar-refractivity contribution >= 4 is 11.8 Å². The number of nitrogens with zero attached hydrogens (tertiary/aromatic N) is 1. The van der Waals surface area contributed by atoms with E-state index in [0.717, 1.165) is 39.0 Å². The molecule has 0 spiro atoms. The van der Waals surface area contributed by atoms with Gasteiger partial charge < -0.3 is 16.4 Å². The third kappa shape index (κ3) is 5.16. The zero-order valence-corrected chi connectivity index (χ0v) is 12.0. The molecule has 4 N–H and O–H groups in total. The fraction of sp³-hybridized carbons (Fsp3) is 0.846. The number of rotatable bonds is 7. The van der Waals surface area contributed by atoms with Crippen LogP contribution in [0.5, 0.6) is 0 Å². The van der Waals surface area contributed by atoms with Gasteiger partial charge in [-0.3, -0.25) is 14.5 Å². The van der Waals surface area contributed by atoms with Crippen LogP contribution in [0.3, 0.4) is 0 Å². The van der Waals surface area contributed by atoms with E-state index >= 15 is 0 Å². The highest BCUT2D eigenvalue weighted by Crippen LogP contribution is 2.15. The second kappa shape index (κ2) is 7.45. The van der Waals surface area contributed by atoms with Gasteiger partial charge in [-0.15, -0.1) is 0 Å². The topological polar surface area (TPSA) is 87.5 Å². The average Bonchev–Trinajstić information content (AvgIpc) is 2.38. The predicted octanol–water partition coefficient (Wildman–Crippen LogP) is -0.558. The van der Waals surface area contributed by atoms with Gasteiger partial charge in [0.2, 0.25) is 11.8 Å². The summed E-state index contributed by atoms with van der Waals surface area (Å²) in [6.45, 7) is 8.14. The van der Waals surface area contributed by atoms with E-state index in [4.69, 9.17) is 5.73 Å². The molecule has 0 saturated carbocycles. The number of unbranched alkanes of at least 4 members (excludes halogenated alkanes) is 1. The highest BCUT2D eigenvalue weighted by atomic mass is 16.2. The van der Waals surface area contributed by atoms with Crippen molar-refractivity contribution in [2.24, 2.45) is 5.73 Å². The summed E-state index contributed by atoms with van der Waals surface area (Å²) < 4.78 is 0. The lowest BCUT2D eigenvalue weighted by Gasteiger charge is -2.39. The molecule has 1 rings (SSSR count). The third-order valence-corrected chi connectivity index (χ3v) is 3.60. The van der Waals surface area contributed by atoms with Crippen LogP contribution in [0, 0.1) is 0 Å². The van der Waals surface area contributed by atoms with Crippen molar-refractivity contribution in [1.29, 1.82) is 0 Å². The Morgan fingerprint density at radius 2 is 1.89 bits per heavy atom. The maximum Gasteiger partial charge on any atom is 0.239 e. The number of hydrogen-bond acceptors (Lipinski definition) is 4. The molecule has 0 aromatic heterocycles. The largest absolute Gasteiger partial charge is 0.370 e. The van der Waals surface area contributed by atoms with Crippen molar-refractivity contribution in [2.45, 2.75) is 38.6 Å². The van der Waals surface area contributed by atoms with Crippen LogP contribution >= 0.6 is 0 Å². The molecule has 1 fully saturated rings. The Hall–Kier alpha value is -1.14. The minimum Gasteiger partial charge on any atom is -0.370 e. The summed E-state index contributed by atoms with van der Waals surface area (Å²) in [5, 5.41) is 6.22. The summed E-state index contributed by atoms with van der Waals surface area (Å²) in [5.74, 6) is -0.235. The Morgan fingerprint density at radius 3 is 2.47 bits per heavy atom. The minimum atomic E-state index is -0.480. The van der Waals surface area contributed by atoms with Gasteiger partial charge in [-0.05, 0) is 26.7 Å². The summed E-state index contributed by atoms with van der Waals surface area (Å²) in [5.41, 5.74) is 4.58. The molecule has 0 atom stereocenters. The second-order valence-corrected chi connectivity index (χ2v) is 5.48. The molecular formula is C13H26N4O2. The fourth-order valence-corrected chi connectivity index (χ4v) is 2.21. The van der Waals surface area contributed by atoms with Crippen LogP contribution in [-0.4, -0.2) is 55.0 Å². The maximum absolute atomic E-state index is 12.2. The molecule has 1 aliphatic heterocycles. The maximum atomic E-state index is 12.2. The highest BCUT2D eigenvalue weighted by Gasteiger charge is 2.34. The standard InChI is InChI=1S/C13H26N4O2/c1-13(2,17-9-7-15-8-10-17)12(19)16-6-4-3-5-11(14)18/h15H,3-10H2,1-2H3,(H2,14,18)(H,16,19). The smallest absolute Gasteiger partial charge is 0.239 e. The molecule has 0 aromatic rings. The summed E-state index contributed by atoms with van der Waals surface area (Å²) in [7, 11) is 0. The van der Waals surface area contributed by atoms with Crippen molar-refractivity contribution in [3.8, 4) is 0 Å². The molecule has 0 bridgehead atoms. The molecule has 0 unspecified atom stereocenters. The number of carbonyl (C=O) groups is 2. The number of amides is 2. The Balaban J connectivity index is 2.28. The van der Waals surface area contributed by atoms with Crippen LogP contribution in [0.15, 0.2) is 0 Å². The first-order chi connectivity index (χ1) is 8.94. The Labute approximate surface area is 115 Å². The van der Waals surface area contributed by atoms with Gasteiger partial charge in [0.25, 0.3) is 0 Å². The Bertz CT molecular complexity index is 312. The van der Waals surface area contributed by atoms with E-state index < -0.39 is 5.54 Å². The molecule has 110 valence electrons. The fourth-order valence-electron chi connectivity index (χ4n) is 2.21. The lowest BCUT2D eigenvalue weighted by Crippen LogP contribution is -2.60. The SMILES string of the molecule is CC(C)(C(=O)NCCCCC(N)=O)N1CCNCC1. The average molecular weight is 270 g/mol. The Kier molecular flexibility index (Phi) is 6.24. The lowest BCUT2D eigenvalue weighted by molar-refractivity contribution is -0.132. The first-order valence-corrected chi connectivity index (χ1v) is 6.97. The quantitative estimate of drug-likeness (QED) is 0.541. The van der Waals surface area contributed by atoms with Gasteiger partial charge in [-0.1, -0.05) is 0 Å². The molecule has 1 saturated heterocycles. The van der Waals surface area contributed by atoms with Crippen LogP contribution in [0.2, 0.25) is 0 Å². The van der Waals surface area contributed by atoms with Crippen molar-refractivity contribution < 1.29 is 9.59 Å². The van der Waals surface area contributed by atoms with E-state index in [2.05, 4.69) is 15.5 Å². The van der Waals surface area contributed by atoms with E-state index in [0.29, 0.717) is 13.0 Å². The molecule has 19 heavy (non-hydrogen) atoms. The van der Waals surface area contributed by atoms with Crippen LogP contribution in [0.1, 0.15) is 33.1 Å². The third-order valence-electron chi connectivity index (χ3n) is 3.60. The molecule has 6 nitrogen and oxygen atoms in total. The molecule has 1 aliphatic rings. The van der Waals surface area contributed by atoms with Gasteiger partial charge in [0.1, 0.15) is 0 Å². The van der Waals surface area contributed by atoms with E-state index in [1.54, 1.807) is 0 Å². The monoisotopic (exact) mass is 270 g/mol. The normalized spacial score (nSPS) is 17.2. The van der Waals surface area contributed by atoms with Gasteiger partial charge in [-0.25, -0.2) is 0 Å². The molecule has 1 heterocycles. The van der Waals surface area contributed by atoms with Crippen LogP contribution in [0.4, 0.5) is 0 Å². The number of nitrogens with one attached hydrogen (secondary N) is 2.